The van der Waals surface area contributed by atoms with Crippen molar-refractivity contribution in [2.75, 3.05) is 19.7 Å². The van der Waals surface area contributed by atoms with E-state index in [4.69, 9.17) is 4.74 Å². The van der Waals surface area contributed by atoms with Gasteiger partial charge in [-0.15, -0.1) is 11.3 Å². The van der Waals surface area contributed by atoms with Gasteiger partial charge in [-0.2, -0.15) is 0 Å². The molecule has 28 heavy (non-hydrogen) atoms. The Morgan fingerprint density at radius 1 is 1.18 bits per heavy atom. The number of thiophene rings is 1. The number of urea groups is 1. The van der Waals surface area contributed by atoms with Gasteiger partial charge in [-0.1, -0.05) is 36.4 Å². The van der Waals surface area contributed by atoms with E-state index in [9.17, 15) is 19.2 Å². The predicted octanol–water partition coefficient (Wildman–Crippen LogP) is 1.18. The molecule has 2 aromatic rings. The van der Waals surface area contributed by atoms with Crippen LogP contribution in [0.15, 0.2) is 47.8 Å². The summed E-state index contributed by atoms with van der Waals surface area (Å²) in [6.45, 7) is 0.0379. The van der Waals surface area contributed by atoms with Crippen molar-refractivity contribution in [2.24, 2.45) is 0 Å². The Balaban J connectivity index is 1.64. The number of ether oxygens (including phenoxy) is 1. The number of carbonyl (C=O) groups excluding carboxylic acids is 4. The van der Waals surface area contributed by atoms with Crippen molar-refractivity contribution in [1.82, 2.24) is 15.5 Å². The summed E-state index contributed by atoms with van der Waals surface area (Å²) in [5.41, 5.74) is 0.834. The molecule has 1 atom stereocenters. The molecule has 3 rings (SSSR count). The number of benzene rings is 1. The quantitative estimate of drug-likeness (QED) is 0.678. The third kappa shape index (κ3) is 4.95. The lowest BCUT2D eigenvalue weighted by molar-refractivity contribution is -0.152. The van der Waals surface area contributed by atoms with E-state index < -0.39 is 36.5 Å². The minimum atomic E-state index is -0.961. The highest BCUT2D eigenvalue weighted by Gasteiger charge is 2.29. The van der Waals surface area contributed by atoms with E-state index in [1.165, 1.54) is 11.3 Å². The molecule has 4 amide bonds. The van der Waals surface area contributed by atoms with E-state index in [0.29, 0.717) is 11.4 Å². The molecule has 0 unspecified atom stereocenters. The van der Waals surface area contributed by atoms with Crippen molar-refractivity contribution in [3.05, 3.63) is 58.3 Å². The van der Waals surface area contributed by atoms with E-state index in [1.54, 1.807) is 17.5 Å². The number of hydrogen-bond acceptors (Lipinski definition) is 6. The lowest BCUT2D eigenvalue weighted by atomic mass is 10.1. The van der Waals surface area contributed by atoms with E-state index in [2.05, 4.69) is 10.6 Å². The molecule has 1 aliphatic heterocycles. The zero-order chi connectivity index (χ0) is 19.9. The van der Waals surface area contributed by atoms with Crippen molar-refractivity contribution >= 4 is 35.2 Å². The van der Waals surface area contributed by atoms with Gasteiger partial charge in [-0.25, -0.2) is 9.59 Å². The molecular weight excluding hydrogens is 382 g/mol. The van der Waals surface area contributed by atoms with Gasteiger partial charge in [0.25, 0.3) is 11.8 Å². The van der Waals surface area contributed by atoms with E-state index in [0.717, 1.165) is 10.5 Å². The lowest BCUT2D eigenvalue weighted by Crippen LogP contribution is -2.44. The number of imide groups is 1. The van der Waals surface area contributed by atoms with Crippen LogP contribution in [0.5, 0.6) is 0 Å². The molecule has 0 saturated carbocycles. The highest BCUT2D eigenvalue weighted by Crippen LogP contribution is 2.11. The van der Waals surface area contributed by atoms with Crippen LogP contribution in [0.1, 0.15) is 15.2 Å². The van der Waals surface area contributed by atoms with Crippen LogP contribution in [-0.4, -0.2) is 54.5 Å². The Bertz CT molecular complexity index is 854. The smallest absolute Gasteiger partial charge is 0.329 e. The number of amides is 4. The van der Waals surface area contributed by atoms with Gasteiger partial charge < -0.3 is 15.4 Å². The molecule has 1 aliphatic rings. The fraction of sp³-hybridized carbons (Fsp3) is 0.263. The second kappa shape index (κ2) is 9.14. The molecule has 146 valence electrons. The first-order valence-corrected chi connectivity index (χ1v) is 9.55. The van der Waals surface area contributed by atoms with Gasteiger partial charge in [0.15, 0.2) is 6.61 Å². The van der Waals surface area contributed by atoms with Crippen molar-refractivity contribution in [1.29, 1.82) is 0 Å². The first-order chi connectivity index (χ1) is 13.5. The molecule has 2 heterocycles. The lowest BCUT2D eigenvalue weighted by Gasteiger charge is -2.18. The summed E-state index contributed by atoms with van der Waals surface area (Å²) in [5.74, 6) is -1.73. The summed E-state index contributed by atoms with van der Waals surface area (Å²) in [6, 6.07) is 11.1. The third-order valence-corrected chi connectivity index (χ3v) is 4.98. The first kappa shape index (κ1) is 19.6. The maximum absolute atomic E-state index is 12.5. The Hall–Kier alpha value is -3.20. The molecule has 0 spiro atoms. The van der Waals surface area contributed by atoms with E-state index in [-0.39, 0.29) is 13.0 Å². The van der Waals surface area contributed by atoms with Crippen LogP contribution in [-0.2, 0) is 20.7 Å². The number of rotatable bonds is 7. The number of hydrogen-bond donors (Lipinski definition) is 2. The van der Waals surface area contributed by atoms with Crippen LogP contribution in [0.2, 0.25) is 0 Å². The van der Waals surface area contributed by atoms with Crippen molar-refractivity contribution in [3.63, 3.8) is 0 Å². The molecule has 1 fully saturated rings. The van der Waals surface area contributed by atoms with Gasteiger partial charge >= 0.3 is 12.0 Å². The number of carbonyl (C=O) groups is 4. The Morgan fingerprint density at radius 3 is 2.61 bits per heavy atom. The van der Waals surface area contributed by atoms with Crippen LogP contribution in [0.4, 0.5) is 4.79 Å². The summed E-state index contributed by atoms with van der Waals surface area (Å²) >= 11 is 1.26. The third-order valence-electron chi connectivity index (χ3n) is 4.11. The molecular formula is C19H19N3O5S. The highest BCUT2D eigenvalue weighted by atomic mass is 32.1. The minimum Gasteiger partial charge on any atom is -0.454 e. The normalized spacial score (nSPS) is 14.3. The van der Waals surface area contributed by atoms with Crippen LogP contribution in [0, 0.1) is 0 Å². The molecule has 1 saturated heterocycles. The zero-order valence-corrected chi connectivity index (χ0v) is 15.7. The monoisotopic (exact) mass is 401 g/mol. The second-order valence-electron chi connectivity index (χ2n) is 6.08. The van der Waals surface area contributed by atoms with Crippen LogP contribution in [0.3, 0.4) is 0 Å². The molecule has 2 N–H and O–H groups in total. The van der Waals surface area contributed by atoms with Crippen molar-refractivity contribution < 1.29 is 23.9 Å². The number of nitrogens with zero attached hydrogens (tertiary/aromatic N) is 1. The van der Waals surface area contributed by atoms with Crippen LogP contribution >= 0.6 is 11.3 Å². The molecule has 1 aromatic heterocycles. The second-order valence-corrected chi connectivity index (χ2v) is 7.03. The summed E-state index contributed by atoms with van der Waals surface area (Å²) in [6.07, 6.45) is 0.217. The Morgan fingerprint density at radius 2 is 1.96 bits per heavy atom. The standard InChI is InChI=1S/C19H19N3O5S/c23-16(22-9-8-20-19(22)26)12-27-18(25)14(11-13-5-2-1-3-6-13)21-17(24)15-7-4-10-28-15/h1-7,10,14H,8-9,11-12H2,(H,20,26)(H,21,24)/t14-/m0/s1. The zero-order valence-electron chi connectivity index (χ0n) is 14.9. The van der Waals surface area contributed by atoms with Gasteiger partial charge in [0.2, 0.25) is 0 Å². The highest BCUT2D eigenvalue weighted by molar-refractivity contribution is 7.12. The predicted molar refractivity (Wildman–Crippen MR) is 102 cm³/mol. The Labute approximate surface area is 165 Å². The largest absolute Gasteiger partial charge is 0.454 e. The van der Waals surface area contributed by atoms with Crippen LogP contribution in [0.25, 0.3) is 0 Å². The fourth-order valence-corrected chi connectivity index (χ4v) is 3.33. The maximum atomic E-state index is 12.5. The number of esters is 1. The Kier molecular flexibility index (Phi) is 6.38. The maximum Gasteiger partial charge on any atom is 0.329 e. The first-order valence-electron chi connectivity index (χ1n) is 8.67. The van der Waals surface area contributed by atoms with Gasteiger partial charge in [0, 0.05) is 19.5 Å². The SMILES string of the molecule is O=C(N[C@@H](Cc1ccccc1)C(=O)OCC(=O)N1CCNC1=O)c1cccs1. The number of nitrogens with one attached hydrogen (secondary N) is 2. The molecule has 1 aromatic carbocycles. The van der Waals surface area contributed by atoms with Crippen molar-refractivity contribution in [2.45, 2.75) is 12.5 Å². The molecule has 0 radical (unpaired) electrons. The van der Waals surface area contributed by atoms with E-state index in [1.807, 2.05) is 30.3 Å². The summed E-state index contributed by atoms with van der Waals surface area (Å²) < 4.78 is 5.10. The summed E-state index contributed by atoms with van der Waals surface area (Å²) in [5, 5.41) is 6.93. The molecule has 8 nitrogen and oxygen atoms in total. The topological polar surface area (TPSA) is 105 Å². The van der Waals surface area contributed by atoms with Crippen LogP contribution < -0.4 is 10.6 Å². The van der Waals surface area contributed by atoms with E-state index >= 15 is 0 Å². The van der Waals surface area contributed by atoms with Gasteiger partial charge in [-0.05, 0) is 17.0 Å². The average Bonchev–Trinajstić information content (AvgIpc) is 3.38. The van der Waals surface area contributed by atoms with Gasteiger partial charge in [-0.3, -0.25) is 14.5 Å². The van der Waals surface area contributed by atoms with Crippen molar-refractivity contribution in [3.8, 4) is 0 Å². The average molecular weight is 401 g/mol. The molecule has 0 aliphatic carbocycles. The summed E-state index contributed by atoms with van der Waals surface area (Å²) in [7, 11) is 0. The van der Waals surface area contributed by atoms with Gasteiger partial charge in [0.05, 0.1) is 4.88 Å². The summed E-state index contributed by atoms with van der Waals surface area (Å²) in [4.78, 5) is 49.9. The molecule has 9 heteroatoms. The minimum absolute atomic E-state index is 0.217. The molecule has 0 bridgehead atoms. The van der Waals surface area contributed by atoms with Gasteiger partial charge in [0.1, 0.15) is 6.04 Å². The fourth-order valence-electron chi connectivity index (χ4n) is 2.70.